The first-order valence-electron chi connectivity index (χ1n) is 3.76. The van der Waals surface area contributed by atoms with E-state index < -0.39 is 29.1 Å². The number of esters is 1. The Bertz CT molecular complexity index is 444. The second-order valence-electron chi connectivity index (χ2n) is 2.55. The molecule has 0 aliphatic heterocycles. The molecule has 1 rings (SSSR count). The summed E-state index contributed by atoms with van der Waals surface area (Å²) in [5, 5.41) is 0. The van der Waals surface area contributed by atoms with E-state index in [0.29, 0.717) is 0 Å². The zero-order chi connectivity index (χ0) is 11.6. The molecule has 7 heteroatoms. The number of hydrogen-bond acceptors (Lipinski definition) is 3. The Labute approximate surface area is 91.4 Å². The Morgan fingerprint density at radius 2 is 2.20 bits per heavy atom. The lowest BCUT2D eigenvalue weighted by Gasteiger charge is -2.06. The van der Waals surface area contributed by atoms with E-state index in [1.807, 2.05) is 4.98 Å². The van der Waals surface area contributed by atoms with Crippen LogP contribution in [0, 0.1) is 0 Å². The van der Waals surface area contributed by atoms with Gasteiger partial charge in [-0.05, 0) is 15.9 Å². The highest BCUT2D eigenvalue weighted by molar-refractivity contribution is 9.10. The van der Waals surface area contributed by atoms with Gasteiger partial charge in [-0.3, -0.25) is 4.79 Å². The van der Waals surface area contributed by atoms with Gasteiger partial charge in [0.15, 0.2) is 0 Å². The first-order valence-corrected chi connectivity index (χ1v) is 4.56. The molecular formula is C8H6BrF2NO3. The molecule has 0 bridgehead atoms. The van der Waals surface area contributed by atoms with Crippen molar-refractivity contribution in [3.05, 3.63) is 32.2 Å². The van der Waals surface area contributed by atoms with Crippen molar-refractivity contribution >= 4 is 21.9 Å². The number of aromatic nitrogens is 1. The fourth-order valence-electron chi connectivity index (χ4n) is 0.966. The number of hydrogen-bond donors (Lipinski definition) is 1. The van der Waals surface area contributed by atoms with E-state index in [1.165, 1.54) is 0 Å². The first kappa shape index (κ1) is 11.8. The molecule has 4 nitrogen and oxygen atoms in total. The molecule has 0 fully saturated rings. The molecule has 0 aromatic carbocycles. The van der Waals surface area contributed by atoms with Crippen molar-refractivity contribution in [2.24, 2.45) is 0 Å². The van der Waals surface area contributed by atoms with Gasteiger partial charge in [0.2, 0.25) is 0 Å². The number of halogens is 3. The van der Waals surface area contributed by atoms with Crippen LogP contribution in [-0.2, 0) is 4.74 Å². The van der Waals surface area contributed by atoms with Crippen LogP contribution in [0.4, 0.5) is 8.78 Å². The second kappa shape index (κ2) is 4.52. The van der Waals surface area contributed by atoms with E-state index in [4.69, 9.17) is 0 Å². The Morgan fingerprint density at radius 3 is 2.67 bits per heavy atom. The molecule has 0 saturated heterocycles. The number of carbonyl (C=O) groups is 1. The number of nitrogens with one attached hydrogen (secondary N) is 1. The lowest BCUT2D eigenvalue weighted by atomic mass is 10.2. The molecule has 0 unspecified atom stereocenters. The molecule has 1 aromatic heterocycles. The summed E-state index contributed by atoms with van der Waals surface area (Å²) in [6, 6.07) is 0. The number of methoxy groups -OCH3 is 1. The van der Waals surface area contributed by atoms with Crippen LogP contribution < -0.4 is 5.56 Å². The van der Waals surface area contributed by atoms with E-state index in [1.54, 1.807) is 0 Å². The third-order valence-electron chi connectivity index (χ3n) is 1.68. The Morgan fingerprint density at radius 1 is 1.60 bits per heavy atom. The predicted octanol–water partition coefficient (Wildman–Crippen LogP) is 1.86. The van der Waals surface area contributed by atoms with Crippen LogP contribution in [-0.4, -0.2) is 18.1 Å². The molecule has 1 aromatic rings. The quantitative estimate of drug-likeness (QED) is 0.842. The van der Waals surface area contributed by atoms with Gasteiger partial charge in [-0.25, -0.2) is 13.6 Å². The Balaban J connectivity index is 3.43. The van der Waals surface area contributed by atoms with Crippen molar-refractivity contribution in [2.45, 2.75) is 6.43 Å². The van der Waals surface area contributed by atoms with Crippen LogP contribution in [0.1, 0.15) is 22.3 Å². The molecule has 1 heterocycles. The minimum absolute atomic E-state index is 0.242. The third kappa shape index (κ3) is 2.23. The Kier molecular flexibility index (Phi) is 3.57. The van der Waals surface area contributed by atoms with Gasteiger partial charge in [0, 0.05) is 16.2 Å². The molecule has 0 atom stereocenters. The van der Waals surface area contributed by atoms with Gasteiger partial charge >= 0.3 is 5.97 Å². The van der Waals surface area contributed by atoms with Crippen molar-refractivity contribution in [3.8, 4) is 0 Å². The van der Waals surface area contributed by atoms with E-state index in [2.05, 4.69) is 20.7 Å². The summed E-state index contributed by atoms with van der Waals surface area (Å²) in [6.45, 7) is 0. The molecule has 0 amide bonds. The van der Waals surface area contributed by atoms with Gasteiger partial charge in [0.25, 0.3) is 12.0 Å². The van der Waals surface area contributed by atoms with Crippen LogP contribution in [0.25, 0.3) is 0 Å². The monoisotopic (exact) mass is 281 g/mol. The molecule has 0 saturated carbocycles. The zero-order valence-corrected chi connectivity index (χ0v) is 9.10. The lowest BCUT2D eigenvalue weighted by molar-refractivity contribution is 0.0597. The minimum Gasteiger partial charge on any atom is -0.465 e. The van der Waals surface area contributed by atoms with Crippen molar-refractivity contribution in [2.75, 3.05) is 7.11 Å². The highest BCUT2D eigenvalue weighted by atomic mass is 79.9. The minimum atomic E-state index is -2.79. The number of ether oxygens (including phenoxy) is 1. The van der Waals surface area contributed by atoms with Crippen molar-refractivity contribution in [1.82, 2.24) is 4.98 Å². The summed E-state index contributed by atoms with van der Waals surface area (Å²) < 4.78 is 28.9. The zero-order valence-electron chi connectivity index (χ0n) is 7.51. The van der Waals surface area contributed by atoms with Gasteiger partial charge in [0.1, 0.15) is 5.56 Å². The standard InChI is InChI=1S/C8H6BrF2NO3/c1-15-8(14)4-5(9)3(6(10)11)2-12-7(4)13/h2,6H,1H3,(H,12,13). The third-order valence-corrected chi connectivity index (χ3v) is 2.54. The van der Waals surface area contributed by atoms with Crippen molar-refractivity contribution in [3.63, 3.8) is 0 Å². The summed E-state index contributed by atoms with van der Waals surface area (Å²) >= 11 is 2.77. The van der Waals surface area contributed by atoms with E-state index in [-0.39, 0.29) is 4.47 Å². The van der Waals surface area contributed by atoms with Gasteiger partial charge in [-0.1, -0.05) is 0 Å². The number of rotatable bonds is 2. The molecule has 0 aliphatic carbocycles. The maximum absolute atomic E-state index is 12.4. The molecule has 1 N–H and O–H groups in total. The topological polar surface area (TPSA) is 59.2 Å². The summed E-state index contributed by atoms with van der Waals surface area (Å²) in [6.07, 6.45) is -1.94. The van der Waals surface area contributed by atoms with E-state index in [9.17, 15) is 18.4 Å². The lowest BCUT2D eigenvalue weighted by Crippen LogP contribution is -2.20. The summed E-state index contributed by atoms with van der Waals surface area (Å²) in [5.41, 5.74) is -1.71. The number of H-pyrrole nitrogens is 1. The van der Waals surface area contributed by atoms with E-state index >= 15 is 0 Å². The van der Waals surface area contributed by atoms with Crippen LogP contribution in [0.5, 0.6) is 0 Å². The van der Waals surface area contributed by atoms with Crippen molar-refractivity contribution < 1.29 is 18.3 Å². The highest BCUT2D eigenvalue weighted by Crippen LogP contribution is 2.27. The van der Waals surface area contributed by atoms with Crippen molar-refractivity contribution in [1.29, 1.82) is 0 Å². The largest absolute Gasteiger partial charge is 0.465 e. The van der Waals surface area contributed by atoms with Crippen LogP contribution in [0.2, 0.25) is 0 Å². The van der Waals surface area contributed by atoms with Crippen LogP contribution in [0.15, 0.2) is 15.5 Å². The number of aromatic amines is 1. The molecule has 0 radical (unpaired) electrons. The molecule has 0 aliphatic rings. The highest BCUT2D eigenvalue weighted by Gasteiger charge is 2.22. The average Bonchev–Trinajstić information content (AvgIpc) is 2.16. The molecule has 15 heavy (non-hydrogen) atoms. The summed E-state index contributed by atoms with van der Waals surface area (Å²) in [5.74, 6) is -0.967. The van der Waals surface area contributed by atoms with Gasteiger partial charge < -0.3 is 9.72 Å². The number of pyridine rings is 1. The fourth-order valence-corrected chi connectivity index (χ4v) is 1.60. The SMILES string of the molecule is COC(=O)c1c(Br)c(C(F)F)c[nH]c1=O. The van der Waals surface area contributed by atoms with Gasteiger partial charge in [0.05, 0.1) is 7.11 Å². The first-order chi connectivity index (χ1) is 6.99. The fraction of sp³-hybridized carbons (Fsp3) is 0.250. The number of carbonyl (C=O) groups excluding carboxylic acids is 1. The average molecular weight is 282 g/mol. The molecule has 0 spiro atoms. The molecular weight excluding hydrogens is 276 g/mol. The van der Waals surface area contributed by atoms with Gasteiger partial charge in [-0.2, -0.15) is 0 Å². The second-order valence-corrected chi connectivity index (χ2v) is 3.35. The van der Waals surface area contributed by atoms with E-state index in [0.717, 1.165) is 13.3 Å². The number of alkyl halides is 2. The van der Waals surface area contributed by atoms with Gasteiger partial charge in [-0.15, -0.1) is 0 Å². The maximum atomic E-state index is 12.4. The smallest absolute Gasteiger partial charge is 0.344 e. The summed E-state index contributed by atoms with van der Waals surface area (Å²) in [4.78, 5) is 24.3. The maximum Gasteiger partial charge on any atom is 0.344 e. The predicted molar refractivity (Wildman–Crippen MR) is 51.1 cm³/mol. The van der Waals surface area contributed by atoms with Crippen LogP contribution >= 0.6 is 15.9 Å². The molecule has 82 valence electrons. The normalized spacial score (nSPS) is 10.5. The van der Waals surface area contributed by atoms with Crippen LogP contribution in [0.3, 0.4) is 0 Å². The Hall–Kier alpha value is -1.24. The summed E-state index contributed by atoms with van der Waals surface area (Å²) in [7, 11) is 1.06.